The smallest absolute Gasteiger partial charge is 0.128 e. The Bertz CT molecular complexity index is 393. The maximum absolute atomic E-state index is 11.0. The van der Waals surface area contributed by atoms with Crippen LogP contribution < -0.4 is 4.74 Å². The molecule has 3 nitrogen and oxygen atoms in total. The number of aldehydes is 1. The Kier molecular flexibility index (Phi) is 5.10. The molecule has 3 heteroatoms. The van der Waals surface area contributed by atoms with Gasteiger partial charge in [0.1, 0.15) is 12.0 Å². The Morgan fingerprint density at radius 2 is 1.94 bits per heavy atom. The fourth-order valence-corrected chi connectivity index (χ4v) is 1.56. The van der Waals surface area contributed by atoms with E-state index < -0.39 is 5.41 Å². The number of benzene rings is 1. The van der Waals surface area contributed by atoms with E-state index in [0.717, 1.165) is 17.6 Å². The predicted molar refractivity (Wildman–Crippen MR) is 71.6 cm³/mol. The zero-order valence-corrected chi connectivity index (χ0v) is 11.2. The normalized spacial score (nSPS) is 12.8. The standard InChI is InChI=1S/C15H20O3/c1-5-14(15(2,3)11-16)18-10-12-6-8-13(17-4)9-7-12/h5-9,11,14H,1,10H2,2-4H3/t14-/m1/s1. The molecule has 0 saturated carbocycles. The molecule has 1 rings (SSSR count). The molecule has 1 aromatic rings. The fourth-order valence-electron chi connectivity index (χ4n) is 1.56. The second kappa shape index (κ2) is 6.36. The molecule has 1 atom stereocenters. The van der Waals surface area contributed by atoms with Gasteiger partial charge in [0.25, 0.3) is 0 Å². The first-order chi connectivity index (χ1) is 8.53. The van der Waals surface area contributed by atoms with Crippen LogP contribution in [0.3, 0.4) is 0 Å². The van der Waals surface area contributed by atoms with Gasteiger partial charge < -0.3 is 14.3 Å². The first kappa shape index (κ1) is 14.5. The van der Waals surface area contributed by atoms with E-state index in [1.807, 2.05) is 38.1 Å². The SMILES string of the molecule is C=C[C@@H](OCc1ccc(OC)cc1)C(C)(C)C=O. The summed E-state index contributed by atoms with van der Waals surface area (Å²) in [6.07, 6.45) is 2.27. The first-order valence-corrected chi connectivity index (χ1v) is 5.87. The lowest BCUT2D eigenvalue weighted by molar-refractivity contribution is -0.121. The largest absolute Gasteiger partial charge is 0.497 e. The van der Waals surface area contributed by atoms with E-state index in [9.17, 15) is 4.79 Å². The van der Waals surface area contributed by atoms with Crippen LogP contribution in [0.25, 0.3) is 0 Å². The molecule has 0 aliphatic carbocycles. The Balaban J connectivity index is 2.62. The van der Waals surface area contributed by atoms with Gasteiger partial charge >= 0.3 is 0 Å². The van der Waals surface area contributed by atoms with Gasteiger partial charge in [0.15, 0.2) is 0 Å². The van der Waals surface area contributed by atoms with Crippen molar-refractivity contribution in [2.75, 3.05) is 7.11 Å². The van der Waals surface area contributed by atoms with Crippen molar-refractivity contribution in [1.29, 1.82) is 0 Å². The van der Waals surface area contributed by atoms with Gasteiger partial charge in [0, 0.05) is 0 Å². The fraction of sp³-hybridized carbons (Fsp3) is 0.400. The third kappa shape index (κ3) is 3.70. The second-order valence-corrected chi connectivity index (χ2v) is 4.75. The average molecular weight is 248 g/mol. The van der Waals surface area contributed by atoms with E-state index in [1.165, 1.54) is 0 Å². The van der Waals surface area contributed by atoms with Crippen LogP contribution in [0, 0.1) is 5.41 Å². The van der Waals surface area contributed by atoms with Crippen LogP contribution >= 0.6 is 0 Å². The number of hydrogen-bond acceptors (Lipinski definition) is 3. The van der Waals surface area contributed by atoms with Gasteiger partial charge in [-0.3, -0.25) is 0 Å². The monoisotopic (exact) mass is 248 g/mol. The lowest BCUT2D eigenvalue weighted by Crippen LogP contribution is -2.31. The molecule has 18 heavy (non-hydrogen) atoms. The summed E-state index contributed by atoms with van der Waals surface area (Å²) in [5, 5.41) is 0. The van der Waals surface area contributed by atoms with Crippen LogP contribution in [0.1, 0.15) is 19.4 Å². The summed E-state index contributed by atoms with van der Waals surface area (Å²) >= 11 is 0. The Morgan fingerprint density at radius 3 is 2.39 bits per heavy atom. The van der Waals surface area contributed by atoms with Crippen molar-refractivity contribution < 1.29 is 14.3 Å². The van der Waals surface area contributed by atoms with Crippen LogP contribution in [0.15, 0.2) is 36.9 Å². The Morgan fingerprint density at radius 1 is 1.33 bits per heavy atom. The Labute approximate surface area is 108 Å². The number of methoxy groups -OCH3 is 1. The molecule has 0 saturated heterocycles. The lowest BCUT2D eigenvalue weighted by Gasteiger charge is -2.26. The summed E-state index contributed by atoms with van der Waals surface area (Å²) in [5.41, 5.74) is 0.471. The minimum Gasteiger partial charge on any atom is -0.497 e. The van der Waals surface area contributed by atoms with E-state index in [1.54, 1.807) is 13.2 Å². The highest BCUT2D eigenvalue weighted by atomic mass is 16.5. The lowest BCUT2D eigenvalue weighted by atomic mass is 9.88. The molecule has 0 aliphatic rings. The molecule has 0 aromatic heterocycles. The minimum absolute atomic E-state index is 0.294. The maximum atomic E-state index is 11.0. The van der Waals surface area contributed by atoms with Crippen molar-refractivity contribution in [2.45, 2.75) is 26.6 Å². The topological polar surface area (TPSA) is 35.5 Å². The van der Waals surface area contributed by atoms with Crippen molar-refractivity contribution in [3.05, 3.63) is 42.5 Å². The first-order valence-electron chi connectivity index (χ1n) is 5.87. The number of carbonyl (C=O) groups is 1. The van der Waals surface area contributed by atoms with Crippen molar-refractivity contribution in [3.8, 4) is 5.75 Å². The van der Waals surface area contributed by atoms with E-state index >= 15 is 0 Å². The van der Waals surface area contributed by atoms with Crippen LogP contribution in [0.2, 0.25) is 0 Å². The molecule has 0 spiro atoms. The van der Waals surface area contributed by atoms with Crippen molar-refractivity contribution in [2.24, 2.45) is 5.41 Å². The summed E-state index contributed by atoms with van der Waals surface area (Å²) in [5.74, 6) is 0.812. The van der Waals surface area contributed by atoms with E-state index in [4.69, 9.17) is 9.47 Å². The van der Waals surface area contributed by atoms with Crippen LogP contribution in [-0.2, 0) is 16.1 Å². The molecule has 0 unspecified atom stereocenters. The molecule has 0 bridgehead atoms. The van der Waals surface area contributed by atoms with Crippen molar-refractivity contribution in [1.82, 2.24) is 0 Å². The van der Waals surface area contributed by atoms with Gasteiger partial charge in [-0.25, -0.2) is 0 Å². The highest BCUT2D eigenvalue weighted by Gasteiger charge is 2.27. The molecule has 0 N–H and O–H groups in total. The molecule has 98 valence electrons. The van der Waals surface area contributed by atoms with Gasteiger partial charge in [-0.1, -0.05) is 32.1 Å². The molecule has 0 aliphatic heterocycles. The van der Waals surface area contributed by atoms with Gasteiger partial charge in [0.2, 0.25) is 0 Å². The molecular formula is C15H20O3. The van der Waals surface area contributed by atoms with Crippen molar-refractivity contribution in [3.63, 3.8) is 0 Å². The quantitative estimate of drug-likeness (QED) is 0.549. The highest BCUT2D eigenvalue weighted by molar-refractivity contribution is 5.59. The maximum Gasteiger partial charge on any atom is 0.128 e. The highest BCUT2D eigenvalue weighted by Crippen LogP contribution is 2.23. The number of hydrogen-bond donors (Lipinski definition) is 0. The third-order valence-corrected chi connectivity index (χ3v) is 2.84. The van der Waals surface area contributed by atoms with Crippen LogP contribution in [-0.4, -0.2) is 19.5 Å². The summed E-state index contributed by atoms with van der Waals surface area (Å²) < 4.78 is 10.8. The molecular weight excluding hydrogens is 228 g/mol. The van der Waals surface area contributed by atoms with E-state index in [2.05, 4.69) is 6.58 Å². The molecule has 0 fully saturated rings. The summed E-state index contributed by atoms with van der Waals surface area (Å²) in [4.78, 5) is 11.0. The number of ether oxygens (including phenoxy) is 2. The van der Waals surface area contributed by atoms with Crippen LogP contribution in [0.4, 0.5) is 0 Å². The van der Waals surface area contributed by atoms with Gasteiger partial charge in [-0.05, 0) is 17.7 Å². The van der Waals surface area contributed by atoms with Crippen molar-refractivity contribution >= 4 is 6.29 Å². The zero-order valence-electron chi connectivity index (χ0n) is 11.2. The Hall–Kier alpha value is -1.61. The van der Waals surface area contributed by atoms with E-state index in [-0.39, 0.29) is 6.10 Å². The van der Waals surface area contributed by atoms with E-state index in [0.29, 0.717) is 6.61 Å². The van der Waals surface area contributed by atoms with Gasteiger partial charge in [-0.15, -0.1) is 6.58 Å². The number of carbonyl (C=O) groups excluding carboxylic acids is 1. The molecule has 1 aromatic carbocycles. The molecule has 0 radical (unpaired) electrons. The van der Waals surface area contributed by atoms with Gasteiger partial charge in [0.05, 0.1) is 25.2 Å². The second-order valence-electron chi connectivity index (χ2n) is 4.75. The number of rotatable bonds is 7. The van der Waals surface area contributed by atoms with Gasteiger partial charge in [-0.2, -0.15) is 0 Å². The summed E-state index contributed by atoms with van der Waals surface area (Å²) in [6, 6.07) is 7.64. The predicted octanol–water partition coefficient (Wildman–Crippen LogP) is 2.99. The average Bonchev–Trinajstić information content (AvgIpc) is 2.40. The summed E-state index contributed by atoms with van der Waals surface area (Å²) in [7, 11) is 1.63. The zero-order chi connectivity index (χ0) is 13.6. The minimum atomic E-state index is -0.561. The molecule has 0 amide bonds. The molecule has 0 heterocycles. The third-order valence-electron chi connectivity index (χ3n) is 2.84. The summed E-state index contributed by atoms with van der Waals surface area (Å²) in [6.45, 7) is 7.82. The van der Waals surface area contributed by atoms with Crippen LogP contribution in [0.5, 0.6) is 5.75 Å².